The number of Topliss-reactive ketones (excluding diaryl/α,β-unsaturated/α-hetero) is 1. The molecular weight excluding hydrogens is 213 g/mol. The van der Waals surface area contributed by atoms with E-state index in [1.54, 1.807) is 0 Å². The van der Waals surface area contributed by atoms with Crippen molar-refractivity contribution in [2.75, 3.05) is 18.6 Å². The summed E-state index contributed by atoms with van der Waals surface area (Å²) in [5, 5.41) is 0. The van der Waals surface area contributed by atoms with E-state index >= 15 is 0 Å². The van der Waals surface area contributed by atoms with Crippen molar-refractivity contribution < 1.29 is 18.7 Å². The van der Waals surface area contributed by atoms with Crippen LogP contribution in [0.4, 0.5) is 10.1 Å². The third kappa shape index (κ3) is 1.64. The van der Waals surface area contributed by atoms with Crippen LogP contribution in [0.5, 0.6) is 5.75 Å². The molecule has 1 aliphatic rings. The predicted molar refractivity (Wildman–Crippen MR) is 54.9 cm³/mol. The summed E-state index contributed by atoms with van der Waals surface area (Å²) in [6.45, 7) is 0.319. The molecule has 1 heterocycles. The molecule has 2 rings (SSSR count). The van der Waals surface area contributed by atoms with Gasteiger partial charge in [-0.25, -0.2) is 4.39 Å². The number of carbonyl (C=O) groups excluding carboxylic acids is 2. The molecule has 16 heavy (non-hydrogen) atoms. The average Bonchev–Trinajstić information content (AvgIpc) is 2.60. The van der Waals surface area contributed by atoms with Crippen molar-refractivity contribution in [3.8, 4) is 5.75 Å². The number of rotatable bonds is 2. The second-order valence-corrected chi connectivity index (χ2v) is 3.45. The highest BCUT2D eigenvalue weighted by molar-refractivity contribution is 6.43. The maximum Gasteiger partial charge on any atom is 0.294 e. The lowest BCUT2D eigenvalue weighted by Gasteiger charge is -2.17. The molecule has 0 bridgehead atoms. The Hall–Kier alpha value is -1.91. The first-order valence-corrected chi connectivity index (χ1v) is 4.81. The highest BCUT2D eigenvalue weighted by atomic mass is 19.1. The Labute approximate surface area is 91.6 Å². The van der Waals surface area contributed by atoms with E-state index in [0.29, 0.717) is 12.2 Å². The number of ketones is 1. The van der Waals surface area contributed by atoms with Gasteiger partial charge in [0.1, 0.15) is 11.6 Å². The zero-order valence-corrected chi connectivity index (χ0v) is 8.70. The van der Waals surface area contributed by atoms with E-state index in [2.05, 4.69) is 0 Å². The minimum atomic E-state index is -0.565. The third-order valence-electron chi connectivity index (χ3n) is 2.48. The molecule has 1 aromatic rings. The van der Waals surface area contributed by atoms with E-state index in [-0.39, 0.29) is 12.2 Å². The van der Waals surface area contributed by atoms with Gasteiger partial charge < -0.3 is 9.64 Å². The van der Waals surface area contributed by atoms with Crippen LogP contribution in [-0.4, -0.2) is 25.3 Å². The fraction of sp³-hybridized carbons (Fsp3) is 0.273. The molecule has 84 valence electrons. The van der Waals surface area contributed by atoms with E-state index in [4.69, 9.17) is 4.74 Å². The first-order chi connectivity index (χ1) is 7.63. The van der Waals surface area contributed by atoms with Gasteiger partial charge in [-0.1, -0.05) is 0 Å². The van der Waals surface area contributed by atoms with Crippen LogP contribution in [0, 0.1) is 5.82 Å². The third-order valence-corrected chi connectivity index (χ3v) is 2.48. The number of anilines is 1. The monoisotopic (exact) mass is 223 g/mol. The Morgan fingerprint density at radius 2 is 2.12 bits per heavy atom. The van der Waals surface area contributed by atoms with Crippen LogP contribution < -0.4 is 9.64 Å². The Balaban J connectivity index is 2.40. The number of hydrogen-bond acceptors (Lipinski definition) is 3. The minimum Gasteiger partial charge on any atom is -0.494 e. The first kappa shape index (κ1) is 10.6. The van der Waals surface area contributed by atoms with Crippen LogP contribution in [0.15, 0.2) is 18.2 Å². The topological polar surface area (TPSA) is 46.6 Å². The van der Waals surface area contributed by atoms with Crippen LogP contribution in [0.1, 0.15) is 6.42 Å². The predicted octanol–water partition coefficient (Wildman–Crippen LogP) is 1.14. The molecule has 1 amide bonds. The van der Waals surface area contributed by atoms with E-state index in [9.17, 15) is 14.0 Å². The highest BCUT2D eigenvalue weighted by Crippen LogP contribution is 2.31. The Bertz CT molecular complexity index is 459. The fourth-order valence-corrected chi connectivity index (χ4v) is 1.68. The summed E-state index contributed by atoms with van der Waals surface area (Å²) in [6, 6.07) is 3.85. The number of methoxy groups -OCH3 is 1. The van der Waals surface area contributed by atoms with Gasteiger partial charge in [0.15, 0.2) is 0 Å². The minimum absolute atomic E-state index is 0.194. The van der Waals surface area contributed by atoms with Crippen LogP contribution in [0.3, 0.4) is 0 Å². The molecule has 1 saturated heterocycles. The molecule has 0 atom stereocenters. The number of nitrogens with zero attached hydrogens (tertiary/aromatic N) is 1. The molecule has 0 aromatic heterocycles. The quantitative estimate of drug-likeness (QED) is 0.706. The second kappa shape index (κ2) is 3.92. The summed E-state index contributed by atoms with van der Waals surface area (Å²) in [5.74, 6) is -1.18. The zero-order chi connectivity index (χ0) is 11.7. The summed E-state index contributed by atoms with van der Waals surface area (Å²) in [5.41, 5.74) is 0.430. The average molecular weight is 223 g/mol. The van der Waals surface area contributed by atoms with Crippen molar-refractivity contribution in [3.05, 3.63) is 24.0 Å². The lowest BCUT2D eigenvalue weighted by Crippen LogP contribution is -2.27. The molecule has 1 aromatic carbocycles. The number of carbonyl (C=O) groups is 2. The van der Waals surface area contributed by atoms with E-state index in [0.717, 1.165) is 0 Å². The van der Waals surface area contributed by atoms with Gasteiger partial charge in [0.05, 0.1) is 12.8 Å². The van der Waals surface area contributed by atoms with Crippen LogP contribution in [-0.2, 0) is 9.59 Å². The molecule has 0 radical (unpaired) electrons. The van der Waals surface area contributed by atoms with Gasteiger partial charge in [-0.2, -0.15) is 0 Å². The van der Waals surface area contributed by atoms with Crippen molar-refractivity contribution in [3.63, 3.8) is 0 Å². The number of amides is 1. The molecule has 5 heteroatoms. The van der Waals surface area contributed by atoms with Crippen molar-refractivity contribution in [1.29, 1.82) is 0 Å². The maximum absolute atomic E-state index is 12.9. The SMILES string of the molecule is COc1cc(F)ccc1N1CCC(=O)C1=O. The van der Waals surface area contributed by atoms with E-state index in [1.807, 2.05) is 0 Å². The zero-order valence-electron chi connectivity index (χ0n) is 8.70. The summed E-state index contributed by atoms with van der Waals surface area (Å²) >= 11 is 0. The van der Waals surface area contributed by atoms with Gasteiger partial charge in [-0.15, -0.1) is 0 Å². The van der Waals surface area contributed by atoms with Crippen molar-refractivity contribution in [1.82, 2.24) is 0 Å². The van der Waals surface area contributed by atoms with Crippen LogP contribution >= 0.6 is 0 Å². The standard InChI is InChI=1S/C11H10FNO3/c1-16-10-6-7(12)2-3-8(10)13-5-4-9(14)11(13)15/h2-3,6H,4-5H2,1H3. The van der Waals surface area contributed by atoms with E-state index in [1.165, 1.54) is 30.2 Å². The first-order valence-electron chi connectivity index (χ1n) is 4.81. The largest absolute Gasteiger partial charge is 0.494 e. The Morgan fingerprint density at radius 3 is 2.69 bits per heavy atom. The van der Waals surface area contributed by atoms with Crippen molar-refractivity contribution in [2.24, 2.45) is 0 Å². The maximum atomic E-state index is 12.9. The molecule has 1 aliphatic heterocycles. The van der Waals surface area contributed by atoms with Gasteiger partial charge in [0.25, 0.3) is 5.91 Å². The number of benzene rings is 1. The molecule has 4 nitrogen and oxygen atoms in total. The summed E-state index contributed by atoms with van der Waals surface area (Å²) in [7, 11) is 1.39. The van der Waals surface area contributed by atoms with Gasteiger partial charge in [0, 0.05) is 19.0 Å². The summed E-state index contributed by atoms with van der Waals surface area (Å²) in [4.78, 5) is 23.9. The van der Waals surface area contributed by atoms with Gasteiger partial charge in [-0.05, 0) is 12.1 Å². The van der Waals surface area contributed by atoms with Crippen molar-refractivity contribution in [2.45, 2.75) is 6.42 Å². The molecule has 0 saturated carbocycles. The number of halogens is 1. The molecular formula is C11H10FNO3. The second-order valence-electron chi connectivity index (χ2n) is 3.45. The summed E-state index contributed by atoms with van der Waals surface area (Å²) < 4.78 is 17.9. The van der Waals surface area contributed by atoms with Crippen molar-refractivity contribution >= 4 is 17.4 Å². The highest BCUT2D eigenvalue weighted by Gasteiger charge is 2.31. The number of hydrogen-bond donors (Lipinski definition) is 0. The van der Waals surface area contributed by atoms with Crippen LogP contribution in [0.2, 0.25) is 0 Å². The normalized spacial score (nSPS) is 15.8. The van der Waals surface area contributed by atoms with Crippen LogP contribution in [0.25, 0.3) is 0 Å². The number of ether oxygens (including phenoxy) is 1. The molecule has 0 N–H and O–H groups in total. The van der Waals surface area contributed by atoms with Gasteiger partial charge >= 0.3 is 0 Å². The lowest BCUT2D eigenvalue weighted by atomic mass is 10.2. The fourth-order valence-electron chi connectivity index (χ4n) is 1.68. The smallest absolute Gasteiger partial charge is 0.294 e. The molecule has 1 fully saturated rings. The van der Waals surface area contributed by atoms with Gasteiger partial charge in [0.2, 0.25) is 5.78 Å². The molecule has 0 aliphatic carbocycles. The van der Waals surface area contributed by atoms with E-state index < -0.39 is 17.5 Å². The summed E-state index contributed by atoms with van der Waals surface area (Å²) in [6.07, 6.45) is 0.194. The van der Waals surface area contributed by atoms with Gasteiger partial charge in [-0.3, -0.25) is 9.59 Å². The molecule has 0 unspecified atom stereocenters. The lowest BCUT2D eigenvalue weighted by molar-refractivity contribution is -0.133. The Morgan fingerprint density at radius 1 is 1.38 bits per heavy atom. The Kier molecular flexibility index (Phi) is 2.60. The molecule has 0 spiro atoms.